The second-order valence-electron chi connectivity index (χ2n) is 14.9. The largest absolute Gasteiger partial charge is 0.228 e. The summed E-state index contributed by atoms with van der Waals surface area (Å²) in [4.78, 5) is 10.3. The van der Waals surface area contributed by atoms with Gasteiger partial charge in [-0.05, 0) is 103 Å². The van der Waals surface area contributed by atoms with E-state index >= 15 is 0 Å². The Balaban J connectivity index is 1.05. The van der Waals surface area contributed by atoms with Crippen LogP contribution in [-0.2, 0) is 6.42 Å². The fourth-order valence-electron chi connectivity index (χ4n) is 8.58. The number of rotatable bonds is 6. The first-order valence-electron chi connectivity index (χ1n) is 19.4. The Bertz CT molecular complexity index is 2830. The summed E-state index contributed by atoms with van der Waals surface area (Å²) in [5, 5.41) is 5.39. The van der Waals surface area contributed by atoms with Crippen molar-refractivity contribution in [2.45, 2.75) is 25.7 Å². The van der Waals surface area contributed by atoms with Crippen LogP contribution in [0.1, 0.15) is 41.6 Å². The number of allylic oxidation sites excluding steroid dienone is 5. The van der Waals surface area contributed by atoms with Crippen molar-refractivity contribution in [2.75, 3.05) is 0 Å². The highest BCUT2D eigenvalue weighted by Gasteiger charge is 2.22. The highest BCUT2D eigenvalue weighted by Crippen LogP contribution is 2.41. The molecule has 8 aromatic rings. The summed E-state index contributed by atoms with van der Waals surface area (Å²) < 4.78 is 0. The SMILES string of the molecule is CC1C=CC(c2cc(-c3cccc(-c4ccccc4)c3)nc(-c3ccccc3)n2)=CC1c1cccc(-c2ccc3c4c(c5ccccc5c3c2)CCC=C4)c1. The molecule has 1 aromatic heterocycles. The molecule has 2 aliphatic rings. The Hall–Kier alpha value is -6.64. The second kappa shape index (κ2) is 14.0. The van der Waals surface area contributed by atoms with Gasteiger partial charge < -0.3 is 0 Å². The zero-order valence-corrected chi connectivity index (χ0v) is 30.9. The molecule has 0 fully saturated rings. The van der Waals surface area contributed by atoms with Gasteiger partial charge in [0.25, 0.3) is 0 Å². The maximum absolute atomic E-state index is 5.20. The van der Waals surface area contributed by atoms with Crippen molar-refractivity contribution in [3.05, 3.63) is 204 Å². The number of hydrogen-bond acceptors (Lipinski definition) is 2. The Kier molecular flexibility index (Phi) is 8.37. The molecular formula is C53H40N2. The molecule has 0 spiro atoms. The van der Waals surface area contributed by atoms with Gasteiger partial charge in [0, 0.05) is 17.0 Å². The third-order valence-electron chi connectivity index (χ3n) is 11.5. The molecule has 2 heteroatoms. The van der Waals surface area contributed by atoms with Gasteiger partial charge >= 0.3 is 0 Å². The summed E-state index contributed by atoms with van der Waals surface area (Å²) >= 11 is 0. The molecule has 55 heavy (non-hydrogen) atoms. The molecule has 0 aliphatic heterocycles. The first kappa shape index (κ1) is 33.0. The minimum absolute atomic E-state index is 0.193. The first-order chi connectivity index (χ1) is 27.2. The lowest BCUT2D eigenvalue weighted by atomic mass is 9.80. The Morgan fingerprint density at radius 3 is 2.00 bits per heavy atom. The van der Waals surface area contributed by atoms with E-state index in [9.17, 15) is 0 Å². The maximum atomic E-state index is 5.20. The van der Waals surface area contributed by atoms with E-state index in [4.69, 9.17) is 9.97 Å². The van der Waals surface area contributed by atoms with Crippen molar-refractivity contribution in [3.8, 4) is 44.9 Å². The van der Waals surface area contributed by atoms with Crippen molar-refractivity contribution < 1.29 is 0 Å². The van der Waals surface area contributed by atoms with Gasteiger partial charge in [-0.2, -0.15) is 0 Å². The number of hydrogen-bond donors (Lipinski definition) is 0. The molecule has 2 aliphatic carbocycles. The smallest absolute Gasteiger partial charge is 0.160 e. The van der Waals surface area contributed by atoms with Gasteiger partial charge in [0.15, 0.2) is 5.82 Å². The lowest BCUT2D eigenvalue weighted by molar-refractivity contribution is 0.637. The second-order valence-corrected chi connectivity index (χ2v) is 14.9. The summed E-state index contributed by atoms with van der Waals surface area (Å²) in [6.45, 7) is 2.32. The van der Waals surface area contributed by atoms with Crippen LogP contribution < -0.4 is 0 Å². The van der Waals surface area contributed by atoms with Crippen LogP contribution in [0.25, 0.3) is 78.1 Å². The van der Waals surface area contributed by atoms with Crippen molar-refractivity contribution in [1.29, 1.82) is 0 Å². The molecule has 0 amide bonds. The number of benzene rings is 7. The predicted molar refractivity (Wildman–Crippen MR) is 232 cm³/mol. The molecule has 0 saturated heterocycles. The van der Waals surface area contributed by atoms with Crippen LogP contribution in [0.5, 0.6) is 0 Å². The number of fused-ring (bicyclic) bond motifs is 6. The molecule has 262 valence electrons. The van der Waals surface area contributed by atoms with Gasteiger partial charge in [0.2, 0.25) is 0 Å². The third kappa shape index (κ3) is 6.20. The predicted octanol–water partition coefficient (Wildman–Crippen LogP) is 13.8. The van der Waals surface area contributed by atoms with E-state index in [1.165, 1.54) is 60.5 Å². The maximum Gasteiger partial charge on any atom is 0.160 e. The number of aryl methyl sites for hydroxylation is 1. The summed E-state index contributed by atoms with van der Waals surface area (Å²) in [6.07, 6.45) is 13.9. The van der Waals surface area contributed by atoms with Crippen LogP contribution in [0.3, 0.4) is 0 Å². The van der Waals surface area contributed by atoms with Crippen LogP contribution in [0.2, 0.25) is 0 Å². The molecule has 0 N–H and O–H groups in total. The fraction of sp³-hybridized carbons (Fsp3) is 0.0943. The van der Waals surface area contributed by atoms with Crippen molar-refractivity contribution in [2.24, 2.45) is 5.92 Å². The molecule has 7 aromatic carbocycles. The molecule has 2 unspecified atom stereocenters. The summed E-state index contributed by atoms with van der Waals surface area (Å²) in [7, 11) is 0. The van der Waals surface area contributed by atoms with Crippen molar-refractivity contribution in [3.63, 3.8) is 0 Å². The van der Waals surface area contributed by atoms with E-state index in [1.54, 1.807) is 0 Å². The number of nitrogens with zero attached hydrogens (tertiary/aromatic N) is 2. The lowest BCUT2D eigenvalue weighted by Crippen LogP contribution is -2.10. The van der Waals surface area contributed by atoms with Gasteiger partial charge in [-0.25, -0.2) is 9.97 Å². The molecule has 2 atom stereocenters. The molecule has 0 saturated carbocycles. The summed E-state index contributed by atoms with van der Waals surface area (Å²) in [6, 6.07) is 56.8. The van der Waals surface area contributed by atoms with E-state index in [0.717, 1.165) is 46.8 Å². The van der Waals surface area contributed by atoms with Gasteiger partial charge in [0.05, 0.1) is 11.4 Å². The Morgan fingerprint density at radius 2 is 1.16 bits per heavy atom. The molecule has 0 bridgehead atoms. The Labute approximate surface area is 322 Å². The van der Waals surface area contributed by atoms with Gasteiger partial charge in [-0.15, -0.1) is 0 Å². The molecular weight excluding hydrogens is 665 g/mol. The first-order valence-corrected chi connectivity index (χ1v) is 19.4. The van der Waals surface area contributed by atoms with E-state index in [2.05, 4.69) is 189 Å². The molecule has 2 nitrogen and oxygen atoms in total. The average Bonchev–Trinajstić information content (AvgIpc) is 3.27. The Morgan fingerprint density at radius 1 is 0.491 bits per heavy atom. The van der Waals surface area contributed by atoms with Crippen LogP contribution in [0.4, 0.5) is 0 Å². The van der Waals surface area contributed by atoms with Crippen LogP contribution in [0, 0.1) is 5.92 Å². The van der Waals surface area contributed by atoms with Gasteiger partial charge in [0.1, 0.15) is 0 Å². The van der Waals surface area contributed by atoms with E-state index in [-0.39, 0.29) is 5.92 Å². The average molecular weight is 705 g/mol. The summed E-state index contributed by atoms with van der Waals surface area (Å²) in [5.74, 6) is 1.25. The zero-order chi connectivity index (χ0) is 36.7. The quantitative estimate of drug-likeness (QED) is 0.161. The van der Waals surface area contributed by atoms with Crippen molar-refractivity contribution in [1.82, 2.24) is 9.97 Å². The van der Waals surface area contributed by atoms with Gasteiger partial charge in [-0.3, -0.25) is 0 Å². The minimum Gasteiger partial charge on any atom is -0.228 e. The van der Waals surface area contributed by atoms with E-state index < -0.39 is 0 Å². The number of aromatic nitrogens is 2. The van der Waals surface area contributed by atoms with Gasteiger partial charge in [-0.1, -0.05) is 177 Å². The molecule has 10 rings (SSSR count). The highest BCUT2D eigenvalue weighted by molar-refractivity contribution is 6.14. The van der Waals surface area contributed by atoms with Crippen LogP contribution in [0.15, 0.2) is 182 Å². The monoisotopic (exact) mass is 704 g/mol. The van der Waals surface area contributed by atoms with Crippen LogP contribution in [-0.4, -0.2) is 9.97 Å². The normalized spacial score (nSPS) is 16.3. The van der Waals surface area contributed by atoms with E-state index in [0.29, 0.717) is 5.92 Å². The summed E-state index contributed by atoms with van der Waals surface area (Å²) in [5.41, 5.74) is 14.0. The standard InChI is InChI=1S/C53H40N2/c1-35-26-27-43(52-34-51(54-53(55-52)37-16-6-3-7-17-37)42-21-13-18-38(31-42)36-14-4-2-5-15-36)33-49(35)41-20-12-19-39(30-41)40-28-29-48-46-24-9-8-22-44(46)45-23-10-11-25-47(45)50(48)32-40/h2-7,9-21,23-35,49H,8,22H2,1H3. The topological polar surface area (TPSA) is 25.8 Å². The highest BCUT2D eigenvalue weighted by atomic mass is 14.9. The minimum atomic E-state index is 0.193. The van der Waals surface area contributed by atoms with Crippen molar-refractivity contribution >= 4 is 33.2 Å². The zero-order valence-electron chi connectivity index (χ0n) is 30.9. The fourth-order valence-corrected chi connectivity index (χ4v) is 8.58. The van der Waals surface area contributed by atoms with Crippen LogP contribution >= 0.6 is 0 Å². The van der Waals surface area contributed by atoms with E-state index in [1.807, 2.05) is 6.07 Å². The third-order valence-corrected chi connectivity index (χ3v) is 11.5. The molecule has 1 heterocycles. The lowest BCUT2D eigenvalue weighted by Gasteiger charge is -2.24. The molecule has 0 radical (unpaired) electrons.